The molecule has 0 atom stereocenters. The first-order chi connectivity index (χ1) is 10.4. The largest absolute Gasteiger partial charge is 0.396 e. The van der Waals surface area contributed by atoms with Crippen molar-refractivity contribution < 1.29 is 10.2 Å². The van der Waals surface area contributed by atoms with Crippen LogP contribution in [0.1, 0.15) is 89.9 Å². The van der Waals surface area contributed by atoms with Crippen molar-refractivity contribution in [1.82, 2.24) is 5.32 Å². The Labute approximate surface area is 132 Å². The predicted octanol–water partition coefficient (Wildman–Crippen LogP) is 4.02. The average molecular weight is 302 g/mol. The lowest BCUT2D eigenvalue weighted by atomic mass is 10.1. The lowest BCUT2D eigenvalue weighted by molar-refractivity contribution is 0.282. The molecule has 0 aromatic rings. The molecule has 0 heterocycles. The molecule has 128 valence electrons. The van der Waals surface area contributed by atoms with Gasteiger partial charge in [-0.05, 0) is 38.8 Å². The summed E-state index contributed by atoms with van der Waals surface area (Å²) in [4.78, 5) is 0. The van der Waals surface area contributed by atoms with Crippen LogP contribution in [0.3, 0.4) is 0 Å². The molecule has 0 bridgehead atoms. The van der Waals surface area contributed by atoms with Crippen LogP contribution in [0.25, 0.3) is 0 Å². The van der Waals surface area contributed by atoms with Crippen LogP contribution < -0.4 is 5.32 Å². The first-order valence-corrected chi connectivity index (χ1v) is 9.34. The first-order valence-electron chi connectivity index (χ1n) is 9.34. The Morgan fingerprint density at radius 1 is 0.381 bits per heavy atom. The highest BCUT2D eigenvalue weighted by Crippen LogP contribution is 2.11. The highest BCUT2D eigenvalue weighted by atomic mass is 16.3. The molecule has 0 aromatic heterocycles. The molecule has 0 aliphatic carbocycles. The second-order valence-corrected chi connectivity index (χ2v) is 6.15. The third-order valence-corrected chi connectivity index (χ3v) is 4.02. The van der Waals surface area contributed by atoms with Gasteiger partial charge in [-0.15, -0.1) is 0 Å². The van der Waals surface area contributed by atoms with E-state index in [1.165, 1.54) is 70.6 Å². The molecule has 3 heteroatoms. The van der Waals surface area contributed by atoms with E-state index in [4.69, 9.17) is 10.2 Å². The van der Waals surface area contributed by atoms with Gasteiger partial charge in [-0.2, -0.15) is 0 Å². The summed E-state index contributed by atoms with van der Waals surface area (Å²) in [6.07, 6.45) is 17.9. The summed E-state index contributed by atoms with van der Waals surface area (Å²) in [5.41, 5.74) is 0. The smallest absolute Gasteiger partial charge is 0.0431 e. The van der Waals surface area contributed by atoms with E-state index in [1.54, 1.807) is 0 Å². The fraction of sp³-hybridized carbons (Fsp3) is 1.00. The number of aliphatic hydroxyl groups excluding tert-OH is 2. The minimum atomic E-state index is 0.324. The van der Waals surface area contributed by atoms with Crippen molar-refractivity contribution in [1.29, 1.82) is 0 Å². The topological polar surface area (TPSA) is 52.5 Å². The average Bonchev–Trinajstić information content (AvgIpc) is 2.50. The molecule has 0 spiro atoms. The van der Waals surface area contributed by atoms with Gasteiger partial charge in [0, 0.05) is 13.2 Å². The van der Waals surface area contributed by atoms with E-state index in [0.29, 0.717) is 13.2 Å². The summed E-state index contributed by atoms with van der Waals surface area (Å²) in [7, 11) is 0. The summed E-state index contributed by atoms with van der Waals surface area (Å²) < 4.78 is 0. The monoisotopic (exact) mass is 301 g/mol. The lowest BCUT2D eigenvalue weighted by Crippen LogP contribution is -2.16. The molecule has 0 amide bonds. The van der Waals surface area contributed by atoms with Gasteiger partial charge in [0.25, 0.3) is 0 Å². The zero-order chi connectivity index (χ0) is 15.4. The maximum absolute atomic E-state index is 8.68. The van der Waals surface area contributed by atoms with Gasteiger partial charge < -0.3 is 15.5 Å². The first kappa shape index (κ1) is 20.9. The summed E-state index contributed by atoms with van der Waals surface area (Å²) in [6, 6.07) is 0. The summed E-state index contributed by atoms with van der Waals surface area (Å²) in [5, 5.41) is 20.8. The molecule has 3 N–H and O–H groups in total. The fourth-order valence-corrected chi connectivity index (χ4v) is 2.62. The van der Waals surface area contributed by atoms with Gasteiger partial charge in [0.1, 0.15) is 0 Å². The van der Waals surface area contributed by atoms with Crippen molar-refractivity contribution in [2.75, 3.05) is 26.3 Å². The molecule has 0 rings (SSSR count). The SMILES string of the molecule is OCCCCCCCCCCCCCCNCCCCO. The van der Waals surface area contributed by atoms with Gasteiger partial charge in [-0.3, -0.25) is 0 Å². The van der Waals surface area contributed by atoms with Crippen LogP contribution >= 0.6 is 0 Å². The van der Waals surface area contributed by atoms with Crippen molar-refractivity contribution in [3.8, 4) is 0 Å². The normalized spacial score (nSPS) is 11.1. The number of hydrogen-bond donors (Lipinski definition) is 3. The number of nitrogens with one attached hydrogen (secondary N) is 1. The van der Waals surface area contributed by atoms with Crippen LogP contribution in [0.15, 0.2) is 0 Å². The number of rotatable bonds is 18. The van der Waals surface area contributed by atoms with Crippen molar-refractivity contribution >= 4 is 0 Å². The van der Waals surface area contributed by atoms with Crippen molar-refractivity contribution in [2.45, 2.75) is 89.9 Å². The molecular formula is C18H39NO2. The maximum atomic E-state index is 8.68. The molecule has 0 aliphatic heterocycles. The van der Waals surface area contributed by atoms with E-state index < -0.39 is 0 Å². The highest BCUT2D eigenvalue weighted by Gasteiger charge is 1.94. The minimum absolute atomic E-state index is 0.324. The molecule has 0 saturated heterocycles. The van der Waals surface area contributed by atoms with E-state index in [2.05, 4.69) is 5.32 Å². The van der Waals surface area contributed by atoms with Crippen LogP contribution in [0.5, 0.6) is 0 Å². The van der Waals surface area contributed by atoms with Gasteiger partial charge in [-0.25, -0.2) is 0 Å². The van der Waals surface area contributed by atoms with E-state index in [9.17, 15) is 0 Å². The van der Waals surface area contributed by atoms with Gasteiger partial charge in [0.15, 0.2) is 0 Å². The molecular weight excluding hydrogens is 262 g/mol. The number of hydrogen-bond acceptors (Lipinski definition) is 3. The summed E-state index contributed by atoms with van der Waals surface area (Å²) in [5.74, 6) is 0. The minimum Gasteiger partial charge on any atom is -0.396 e. The quantitative estimate of drug-likeness (QED) is 0.335. The third kappa shape index (κ3) is 19.9. The third-order valence-electron chi connectivity index (χ3n) is 4.02. The van der Waals surface area contributed by atoms with Crippen LogP contribution in [0.4, 0.5) is 0 Å². The number of unbranched alkanes of at least 4 members (excludes halogenated alkanes) is 12. The fourth-order valence-electron chi connectivity index (χ4n) is 2.62. The molecule has 0 aromatic carbocycles. The second kappa shape index (κ2) is 19.9. The van der Waals surface area contributed by atoms with E-state index in [0.717, 1.165) is 32.4 Å². The van der Waals surface area contributed by atoms with E-state index in [1.807, 2.05) is 0 Å². The van der Waals surface area contributed by atoms with Gasteiger partial charge >= 0.3 is 0 Å². The highest BCUT2D eigenvalue weighted by molar-refractivity contribution is 4.51. The Bertz CT molecular complexity index is 159. The van der Waals surface area contributed by atoms with Crippen molar-refractivity contribution in [3.05, 3.63) is 0 Å². The van der Waals surface area contributed by atoms with E-state index >= 15 is 0 Å². The van der Waals surface area contributed by atoms with Crippen LogP contribution in [0.2, 0.25) is 0 Å². The zero-order valence-electron chi connectivity index (χ0n) is 14.1. The maximum Gasteiger partial charge on any atom is 0.0431 e. The van der Waals surface area contributed by atoms with Crippen molar-refractivity contribution in [3.63, 3.8) is 0 Å². The van der Waals surface area contributed by atoms with Crippen LogP contribution in [-0.4, -0.2) is 36.5 Å². The Balaban J connectivity index is 2.90. The van der Waals surface area contributed by atoms with Crippen molar-refractivity contribution in [2.24, 2.45) is 0 Å². The molecule has 0 unspecified atom stereocenters. The molecule has 0 aliphatic rings. The Morgan fingerprint density at radius 3 is 1.10 bits per heavy atom. The van der Waals surface area contributed by atoms with Crippen LogP contribution in [0, 0.1) is 0 Å². The second-order valence-electron chi connectivity index (χ2n) is 6.15. The van der Waals surface area contributed by atoms with Gasteiger partial charge in [0.05, 0.1) is 0 Å². The molecule has 0 radical (unpaired) electrons. The zero-order valence-corrected chi connectivity index (χ0v) is 14.1. The summed E-state index contributed by atoms with van der Waals surface area (Å²) in [6.45, 7) is 2.88. The predicted molar refractivity (Wildman–Crippen MR) is 91.7 cm³/mol. The molecule has 0 fully saturated rings. The molecule has 0 saturated carbocycles. The standard InChI is InChI=1S/C18H39NO2/c20-17-13-10-8-6-4-2-1-3-5-7-9-11-15-19-16-12-14-18-21/h19-21H,1-18H2. The molecule has 21 heavy (non-hydrogen) atoms. The Morgan fingerprint density at radius 2 is 0.667 bits per heavy atom. The Kier molecular flexibility index (Phi) is 19.8. The van der Waals surface area contributed by atoms with Gasteiger partial charge in [-0.1, -0.05) is 64.2 Å². The summed E-state index contributed by atoms with van der Waals surface area (Å²) >= 11 is 0. The van der Waals surface area contributed by atoms with E-state index in [-0.39, 0.29) is 0 Å². The van der Waals surface area contributed by atoms with Gasteiger partial charge in [0.2, 0.25) is 0 Å². The molecule has 3 nitrogen and oxygen atoms in total. The van der Waals surface area contributed by atoms with Crippen LogP contribution in [-0.2, 0) is 0 Å². The lowest BCUT2D eigenvalue weighted by Gasteiger charge is -2.04. The number of aliphatic hydroxyl groups is 2. The Hall–Kier alpha value is -0.120.